The summed E-state index contributed by atoms with van der Waals surface area (Å²) in [6.45, 7) is 16.3. The summed E-state index contributed by atoms with van der Waals surface area (Å²) >= 11 is 0. The van der Waals surface area contributed by atoms with Gasteiger partial charge < -0.3 is 9.47 Å². The quantitative estimate of drug-likeness (QED) is 0.208. The molecule has 0 bridgehead atoms. The lowest BCUT2D eigenvalue weighted by Crippen LogP contribution is -2.11. The molecule has 0 saturated heterocycles. The molecule has 0 heterocycles. The molecule has 4 unspecified atom stereocenters. The van der Waals surface area contributed by atoms with E-state index in [1.54, 1.807) is 0 Å². The van der Waals surface area contributed by atoms with Crippen molar-refractivity contribution in [2.75, 3.05) is 20.0 Å². The second-order valence-corrected chi connectivity index (χ2v) is 8.35. The Kier molecular flexibility index (Phi) is 16.3. The molecule has 2 nitrogen and oxygen atoms in total. The first-order valence-electron chi connectivity index (χ1n) is 10.6. The maximum absolute atomic E-state index is 5.54. The molecule has 0 amide bonds. The Balaban J connectivity index is 3.59. The molecule has 0 aliphatic carbocycles. The van der Waals surface area contributed by atoms with Crippen molar-refractivity contribution in [2.45, 2.75) is 99.3 Å². The predicted octanol–water partition coefficient (Wildman–Crippen LogP) is 7.07. The van der Waals surface area contributed by atoms with Crippen LogP contribution in [-0.4, -0.2) is 20.0 Å². The zero-order valence-electron chi connectivity index (χ0n) is 17.6. The maximum Gasteiger partial charge on any atom is 0.146 e. The average Bonchev–Trinajstić information content (AvgIpc) is 2.49. The first-order valence-corrected chi connectivity index (χ1v) is 10.6. The Morgan fingerprint density at radius 3 is 1.62 bits per heavy atom. The molecule has 0 radical (unpaired) electrons. The molecule has 0 saturated carbocycles. The third kappa shape index (κ3) is 15.4. The van der Waals surface area contributed by atoms with Gasteiger partial charge in [-0.2, -0.15) is 0 Å². The van der Waals surface area contributed by atoms with Gasteiger partial charge in [0.15, 0.2) is 0 Å². The molecule has 0 spiro atoms. The van der Waals surface area contributed by atoms with Crippen molar-refractivity contribution < 1.29 is 9.47 Å². The smallest absolute Gasteiger partial charge is 0.146 e. The normalized spacial score (nSPS) is 16.8. The van der Waals surface area contributed by atoms with E-state index in [0.717, 1.165) is 49.7 Å². The molecule has 0 aliphatic heterocycles. The minimum Gasteiger partial charge on any atom is -0.355 e. The summed E-state index contributed by atoms with van der Waals surface area (Å²) in [5.41, 5.74) is 0. The number of ether oxygens (including phenoxy) is 2. The molecule has 0 aromatic rings. The number of rotatable bonds is 17. The van der Waals surface area contributed by atoms with Crippen LogP contribution in [0.15, 0.2) is 0 Å². The molecule has 0 rings (SSSR count). The van der Waals surface area contributed by atoms with Crippen molar-refractivity contribution in [3.8, 4) is 0 Å². The molecule has 2 heteroatoms. The standard InChI is InChI=1S/C22H46O2/c1-7-9-13-23-18-24-14-10-12-20(4)16-22(6)17-21(5)15-19(3)11-8-2/h19-22H,7-18H2,1-6H3. The summed E-state index contributed by atoms with van der Waals surface area (Å²) in [4.78, 5) is 0. The van der Waals surface area contributed by atoms with Crippen LogP contribution in [-0.2, 0) is 9.47 Å². The predicted molar refractivity (Wildman–Crippen MR) is 106 cm³/mol. The first-order chi connectivity index (χ1) is 11.5. The second-order valence-electron chi connectivity index (χ2n) is 8.35. The molecular weight excluding hydrogens is 296 g/mol. The fraction of sp³-hybridized carbons (Fsp3) is 1.00. The lowest BCUT2D eigenvalue weighted by atomic mass is 9.84. The van der Waals surface area contributed by atoms with Gasteiger partial charge in [-0.15, -0.1) is 0 Å². The summed E-state index contributed by atoms with van der Waals surface area (Å²) in [6.07, 6.45) is 11.6. The van der Waals surface area contributed by atoms with E-state index in [4.69, 9.17) is 9.47 Å². The van der Waals surface area contributed by atoms with E-state index >= 15 is 0 Å². The highest BCUT2D eigenvalue weighted by Gasteiger charge is 2.14. The second kappa shape index (κ2) is 16.4. The fourth-order valence-corrected chi connectivity index (χ4v) is 3.94. The number of hydrogen-bond donors (Lipinski definition) is 0. The minimum absolute atomic E-state index is 0.470. The van der Waals surface area contributed by atoms with Crippen molar-refractivity contribution in [3.05, 3.63) is 0 Å². The fourth-order valence-electron chi connectivity index (χ4n) is 3.94. The zero-order valence-corrected chi connectivity index (χ0v) is 17.6. The zero-order chi connectivity index (χ0) is 18.2. The molecule has 0 aromatic heterocycles. The highest BCUT2D eigenvalue weighted by Crippen LogP contribution is 2.26. The van der Waals surface area contributed by atoms with Crippen LogP contribution in [0.25, 0.3) is 0 Å². The van der Waals surface area contributed by atoms with Crippen molar-refractivity contribution in [1.82, 2.24) is 0 Å². The van der Waals surface area contributed by atoms with Crippen LogP contribution in [0.3, 0.4) is 0 Å². The van der Waals surface area contributed by atoms with Gasteiger partial charge in [0.25, 0.3) is 0 Å². The molecular formula is C22H46O2. The van der Waals surface area contributed by atoms with Gasteiger partial charge in [0.2, 0.25) is 0 Å². The van der Waals surface area contributed by atoms with Gasteiger partial charge in [0.1, 0.15) is 6.79 Å². The molecule has 0 fully saturated rings. The van der Waals surface area contributed by atoms with Crippen molar-refractivity contribution in [3.63, 3.8) is 0 Å². The Morgan fingerprint density at radius 2 is 1.08 bits per heavy atom. The number of hydrogen-bond acceptors (Lipinski definition) is 2. The largest absolute Gasteiger partial charge is 0.355 e. The van der Waals surface area contributed by atoms with Gasteiger partial charge in [-0.25, -0.2) is 0 Å². The van der Waals surface area contributed by atoms with E-state index in [1.165, 1.54) is 44.9 Å². The minimum atomic E-state index is 0.470. The maximum atomic E-state index is 5.54. The van der Waals surface area contributed by atoms with E-state index in [9.17, 15) is 0 Å². The monoisotopic (exact) mass is 342 g/mol. The van der Waals surface area contributed by atoms with E-state index in [0.29, 0.717) is 6.79 Å². The molecule has 0 N–H and O–H groups in total. The van der Waals surface area contributed by atoms with Gasteiger partial charge in [-0.1, -0.05) is 60.8 Å². The van der Waals surface area contributed by atoms with E-state index < -0.39 is 0 Å². The van der Waals surface area contributed by atoms with E-state index in [-0.39, 0.29) is 0 Å². The van der Waals surface area contributed by atoms with Crippen molar-refractivity contribution in [2.24, 2.45) is 23.7 Å². The van der Waals surface area contributed by atoms with Crippen LogP contribution >= 0.6 is 0 Å². The van der Waals surface area contributed by atoms with E-state index in [2.05, 4.69) is 41.5 Å². The third-order valence-electron chi connectivity index (χ3n) is 4.99. The summed E-state index contributed by atoms with van der Waals surface area (Å²) in [6, 6.07) is 0. The van der Waals surface area contributed by atoms with Crippen LogP contribution in [0.4, 0.5) is 0 Å². The lowest BCUT2D eigenvalue weighted by Gasteiger charge is -2.22. The van der Waals surface area contributed by atoms with Crippen molar-refractivity contribution >= 4 is 0 Å². The van der Waals surface area contributed by atoms with Crippen LogP contribution in [0, 0.1) is 23.7 Å². The molecule has 4 atom stereocenters. The molecule has 24 heavy (non-hydrogen) atoms. The van der Waals surface area contributed by atoms with Crippen LogP contribution in [0.1, 0.15) is 99.3 Å². The third-order valence-corrected chi connectivity index (χ3v) is 4.99. The summed E-state index contributed by atoms with van der Waals surface area (Å²) in [7, 11) is 0. The Labute approximate surface area is 153 Å². The lowest BCUT2D eigenvalue weighted by molar-refractivity contribution is -0.0558. The topological polar surface area (TPSA) is 18.5 Å². The first kappa shape index (κ1) is 23.9. The van der Waals surface area contributed by atoms with Crippen LogP contribution < -0.4 is 0 Å². The van der Waals surface area contributed by atoms with Crippen LogP contribution in [0.5, 0.6) is 0 Å². The van der Waals surface area contributed by atoms with Gasteiger partial charge in [0, 0.05) is 13.2 Å². The number of unbranched alkanes of at least 4 members (excludes halogenated alkanes) is 1. The average molecular weight is 343 g/mol. The molecule has 146 valence electrons. The highest BCUT2D eigenvalue weighted by atomic mass is 16.7. The van der Waals surface area contributed by atoms with Crippen LogP contribution in [0.2, 0.25) is 0 Å². The summed E-state index contributed by atoms with van der Waals surface area (Å²) in [5, 5.41) is 0. The van der Waals surface area contributed by atoms with E-state index in [1.807, 2.05) is 0 Å². The highest BCUT2D eigenvalue weighted by molar-refractivity contribution is 4.66. The summed E-state index contributed by atoms with van der Waals surface area (Å²) < 4.78 is 11.0. The van der Waals surface area contributed by atoms with Gasteiger partial charge in [0.05, 0.1) is 0 Å². The Morgan fingerprint density at radius 1 is 0.583 bits per heavy atom. The van der Waals surface area contributed by atoms with Gasteiger partial charge in [-0.3, -0.25) is 0 Å². The van der Waals surface area contributed by atoms with Gasteiger partial charge >= 0.3 is 0 Å². The van der Waals surface area contributed by atoms with Crippen molar-refractivity contribution in [1.29, 1.82) is 0 Å². The molecule has 0 aliphatic rings. The van der Waals surface area contributed by atoms with Gasteiger partial charge in [-0.05, 0) is 62.2 Å². The SMILES string of the molecule is CCCCOCOCCCC(C)CC(C)CC(C)CC(C)CCC. The molecule has 0 aromatic carbocycles. The summed E-state index contributed by atoms with van der Waals surface area (Å²) in [5.74, 6) is 3.43. The Bertz CT molecular complexity index is 254. The Hall–Kier alpha value is -0.0800.